The van der Waals surface area contributed by atoms with Crippen molar-refractivity contribution in [2.45, 2.75) is 70.4 Å². The summed E-state index contributed by atoms with van der Waals surface area (Å²) in [6, 6.07) is 7.32. The molecule has 31 heavy (non-hydrogen) atoms. The Balaban J connectivity index is 1.17. The molecule has 2 N–H and O–H groups in total. The molecule has 6 nitrogen and oxygen atoms in total. The number of amides is 2. The first-order valence-electron chi connectivity index (χ1n) is 12.1. The predicted octanol–water partition coefficient (Wildman–Crippen LogP) is 3.95. The van der Waals surface area contributed by atoms with Crippen molar-refractivity contribution in [2.75, 3.05) is 6.54 Å². The second-order valence-electron chi connectivity index (χ2n) is 10.7. The van der Waals surface area contributed by atoms with Gasteiger partial charge in [0.2, 0.25) is 11.8 Å². The standard InChI is InChI=1S/C25H32N4O2/c1-15(22-27-19-5-2-3-6-20(19)28-22)26-23(30)21-7-4-8-29(21)24(31)25-12-16-9-17(13-25)11-18(10-16)14-25/h2-3,5-6,15-18,21H,4,7-14H2,1H3,(H,26,30)(H,27,28)/t15-,16?,17?,18?,21?,25?/m0/s1. The van der Waals surface area contributed by atoms with Gasteiger partial charge < -0.3 is 15.2 Å². The zero-order chi connectivity index (χ0) is 21.2. The van der Waals surface area contributed by atoms with Crippen LogP contribution in [-0.4, -0.2) is 39.3 Å². The van der Waals surface area contributed by atoms with Crippen molar-refractivity contribution < 1.29 is 9.59 Å². The first-order valence-corrected chi connectivity index (χ1v) is 12.1. The Hall–Kier alpha value is -2.37. The Morgan fingerprint density at radius 1 is 1.13 bits per heavy atom. The summed E-state index contributed by atoms with van der Waals surface area (Å²) in [6.07, 6.45) is 8.81. The van der Waals surface area contributed by atoms with Gasteiger partial charge in [0, 0.05) is 6.54 Å². The van der Waals surface area contributed by atoms with E-state index in [-0.39, 0.29) is 29.3 Å². The molecule has 4 bridgehead atoms. The lowest BCUT2D eigenvalue weighted by Crippen LogP contribution is -2.57. The monoisotopic (exact) mass is 420 g/mol. The fourth-order valence-corrected chi connectivity index (χ4v) is 7.52. The minimum Gasteiger partial charge on any atom is -0.345 e. The molecule has 6 heteroatoms. The van der Waals surface area contributed by atoms with Gasteiger partial charge >= 0.3 is 0 Å². The molecule has 5 fully saturated rings. The third-order valence-electron chi connectivity index (χ3n) is 8.48. The maximum Gasteiger partial charge on any atom is 0.243 e. The van der Waals surface area contributed by atoms with E-state index in [0.29, 0.717) is 0 Å². The maximum absolute atomic E-state index is 13.8. The highest BCUT2D eigenvalue weighted by Gasteiger charge is 2.56. The normalized spacial score (nSPS) is 34.9. The van der Waals surface area contributed by atoms with Crippen molar-refractivity contribution in [2.24, 2.45) is 23.2 Å². The van der Waals surface area contributed by atoms with Gasteiger partial charge in [-0.3, -0.25) is 9.59 Å². The maximum atomic E-state index is 13.8. The van der Waals surface area contributed by atoms with Crippen LogP contribution in [0.2, 0.25) is 0 Å². The van der Waals surface area contributed by atoms with Gasteiger partial charge in [-0.2, -0.15) is 0 Å². The van der Waals surface area contributed by atoms with Crippen molar-refractivity contribution >= 4 is 22.8 Å². The number of carbonyl (C=O) groups excluding carboxylic acids is 2. The number of likely N-dealkylation sites (tertiary alicyclic amines) is 1. The van der Waals surface area contributed by atoms with Crippen LogP contribution in [0.5, 0.6) is 0 Å². The average Bonchev–Trinajstić information content (AvgIpc) is 3.39. The molecule has 1 saturated heterocycles. The summed E-state index contributed by atoms with van der Waals surface area (Å²) in [4.78, 5) is 36.9. The number of aromatic amines is 1. The molecule has 0 spiro atoms. The summed E-state index contributed by atoms with van der Waals surface area (Å²) >= 11 is 0. The molecular formula is C25H32N4O2. The Morgan fingerprint density at radius 3 is 2.48 bits per heavy atom. The molecule has 1 unspecified atom stereocenters. The van der Waals surface area contributed by atoms with Crippen molar-refractivity contribution in [3.8, 4) is 0 Å². The molecule has 1 aromatic heterocycles. The van der Waals surface area contributed by atoms with E-state index in [1.807, 2.05) is 36.1 Å². The minimum absolute atomic E-state index is 0.0384. The van der Waals surface area contributed by atoms with E-state index in [1.165, 1.54) is 19.3 Å². The highest BCUT2D eigenvalue weighted by atomic mass is 16.2. The number of benzene rings is 1. The van der Waals surface area contributed by atoms with Crippen LogP contribution < -0.4 is 5.32 Å². The quantitative estimate of drug-likeness (QED) is 0.786. The molecule has 1 aromatic carbocycles. The third kappa shape index (κ3) is 3.17. The highest BCUT2D eigenvalue weighted by Crippen LogP contribution is 2.60. The van der Waals surface area contributed by atoms with Gasteiger partial charge in [-0.25, -0.2) is 4.98 Å². The SMILES string of the molecule is C[C@H](NC(=O)C1CCCN1C(=O)C12CC3CC(CC(C3)C1)C2)c1nc2ccccc2[nH]1. The highest BCUT2D eigenvalue weighted by molar-refractivity contribution is 5.91. The molecule has 4 saturated carbocycles. The fourth-order valence-electron chi connectivity index (χ4n) is 7.52. The second kappa shape index (κ2) is 7.07. The van der Waals surface area contributed by atoms with E-state index in [9.17, 15) is 9.59 Å². The number of nitrogens with one attached hydrogen (secondary N) is 2. The summed E-state index contributed by atoms with van der Waals surface area (Å²) < 4.78 is 0. The number of imidazole rings is 1. The zero-order valence-corrected chi connectivity index (χ0v) is 18.3. The summed E-state index contributed by atoms with van der Waals surface area (Å²) in [5.41, 5.74) is 1.69. The molecule has 5 aliphatic rings. The molecule has 1 aliphatic heterocycles. The van der Waals surface area contributed by atoms with Crippen LogP contribution in [0.1, 0.15) is 70.2 Å². The van der Waals surface area contributed by atoms with Gasteiger partial charge in [-0.15, -0.1) is 0 Å². The smallest absolute Gasteiger partial charge is 0.243 e. The Morgan fingerprint density at radius 2 is 1.81 bits per heavy atom. The van der Waals surface area contributed by atoms with Crippen molar-refractivity contribution in [1.29, 1.82) is 0 Å². The van der Waals surface area contributed by atoms with Crippen LogP contribution in [0.15, 0.2) is 24.3 Å². The van der Waals surface area contributed by atoms with E-state index in [1.54, 1.807) is 0 Å². The molecule has 2 amide bonds. The molecule has 2 atom stereocenters. The molecule has 0 radical (unpaired) electrons. The van der Waals surface area contributed by atoms with Crippen LogP contribution in [0.4, 0.5) is 0 Å². The van der Waals surface area contributed by atoms with Gasteiger partial charge in [-0.1, -0.05) is 12.1 Å². The second-order valence-corrected chi connectivity index (χ2v) is 10.7. The van der Waals surface area contributed by atoms with Gasteiger partial charge in [0.25, 0.3) is 0 Å². The summed E-state index contributed by atoms with van der Waals surface area (Å²) in [5, 5.41) is 3.13. The van der Waals surface area contributed by atoms with Crippen LogP contribution in [-0.2, 0) is 9.59 Å². The lowest BCUT2D eigenvalue weighted by molar-refractivity contribution is -0.160. The van der Waals surface area contributed by atoms with E-state index in [0.717, 1.165) is 73.3 Å². The number of hydrogen-bond donors (Lipinski definition) is 2. The van der Waals surface area contributed by atoms with E-state index >= 15 is 0 Å². The van der Waals surface area contributed by atoms with Crippen LogP contribution in [0.3, 0.4) is 0 Å². The topological polar surface area (TPSA) is 78.1 Å². The van der Waals surface area contributed by atoms with Crippen molar-refractivity contribution in [1.82, 2.24) is 20.2 Å². The van der Waals surface area contributed by atoms with E-state index in [4.69, 9.17) is 0 Å². The van der Waals surface area contributed by atoms with Crippen LogP contribution >= 0.6 is 0 Å². The van der Waals surface area contributed by atoms with E-state index in [2.05, 4.69) is 15.3 Å². The lowest BCUT2D eigenvalue weighted by atomic mass is 9.49. The van der Waals surface area contributed by atoms with Crippen molar-refractivity contribution in [3.05, 3.63) is 30.1 Å². The Kier molecular flexibility index (Phi) is 4.41. The van der Waals surface area contributed by atoms with Gasteiger partial charge in [0.05, 0.1) is 22.5 Å². The molecule has 2 heterocycles. The van der Waals surface area contributed by atoms with Crippen LogP contribution in [0.25, 0.3) is 11.0 Å². The Labute approximate surface area is 183 Å². The third-order valence-corrected chi connectivity index (χ3v) is 8.48. The number of H-pyrrole nitrogens is 1. The molecular weight excluding hydrogens is 388 g/mol. The number of para-hydroxylation sites is 2. The molecule has 2 aromatic rings. The molecule has 7 rings (SSSR count). The number of rotatable bonds is 4. The average molecular weight is 421 g/mol. The van der Waals surface area contributed by atoms with Gasteiger partial charge in [0.15, 0.2) is 0 Å². The number of carbonyl (C=O) groups is 2. The summed E-state index contributed by atoms with van der Waals surface area (Å²) in [7, 11) is 0. The first-order chi connectivity index (χ1) is 15.0. The first kappa shape index (κ1) is 19.3. The predicted molar refractivity (Wildman–Crippen MR) is 118 cm³/mol. The zero-order valence-electron chi connectivity index (χ0n) is 18.3. The van der Waals surface area contributed by atoms with Gasteiger partial charge in [-0.05, 0) is 88.2 Å². The van der Waals surface area contributed by atoms with E-state index < -0.39 is 0 Å². The molecule has 164 valence electrons. The lowest BCUT2D eigenvalue weighted by Gasteiger charge is -2.56. The number of aromatic nitrogens is 2. The number of fused-ring (bicyclic) bond motifs is 1. The largest absolute Gasteiger partial charge is 0.345 e. The number of nitrogens with zero attached hydrogens (tertiary/aromatic N) is 2. The minimum atomic E-state index is -0.340. The summed E-state index contributed by atoms with van der Waals surface area (Å²) in [6.45, 7) is 2.67. The van der Waals surface area contributed by atoms with Gasteiger partial charge in [0.1, 0.15) is 11.9 Å². The van der Waals surface area contributed by atoms with Crippen LogP contribution in [0, 0.1) is 23.2 Å². The Bertz CT molecular complexity index is 959. The summed E-state index contributed by atoms with van der Waals surface area (Å²) in [5.74, 6) is 3.20. The molecule has 4 aliphatic carbocycles. The fraction of sp³-hybridized carbons (Fsp3) is 0.640. The van der Waals surface area contributed by atoms with Crippen molar-refractivity contribution in [3.63, 3.8) is 0 Å². The number of hydrogen-bond acceptors (Lipinski definition) is 3.